The summed E-state index contributed by atoms with van der Waals surface area (Å²) in [5.41, 5.74) is 9.57. The number of hydrogen-bond donors (Lipinski definition) is 3. The lowest BCUT2D eigenvalue weighted by atomic mass is 10.1. The SMILES string of the molecule is Cc1cccc(NC(=S)NNC(=O)CCc2nc3ccccc3s2)c1C. The zero-order valence-electron chi connectivity index (χ0n) is 14.6. The quantitative estimate of drug-likeness (QED) is 0.471. The maximum Gasteiger partial charge on any atom is 0.238 e. The number of hydrogen-bond acceptors (Lipinski definition) is 4. The van der Waals surface area contributed by atoms with Gasteiger partial charge in [0.05, 0.1) is 15.2 Å². The Morgan fingerprint density at radius 1 is 1.12 bits per heavy atom. The van der Waals surface area contributed by atoms with Crippen molar-refractivity contribution >= 4 is 50.5 Å². The number of nitrogens with zero attached hydrogens (tertiary/aromatic N) is 1. The van der Waals surface area contributed by atoms with Gasteiger partial charge in [-0.05, 0) is 55.4 Å². The smallest absolute Gasteiger partial charge is 0.238 e. The minimum atomic E-state index is -0.130. The van der Waals surface area contributed by atoms with E-state index in [1.807, 2.05) is 56.3 Å². The first-order chi connectivity index (χ1) is 12.5. The van der Waals surface area contributed by atoms with Crippen molar-refractivity contribution in [3.05, 3.63) is 58.6 Å². The third-order valence-electron chi connectivity index (χ3n) is 4.07. The highest BCUT2D eigenvalue weighted by Crippen LogP contribution is 2.22. The molecular weight excluding hydrogens is 364 g/mol. The Bertz CT molecular complexity index is 919. The van der Waals surface area contributed by atoms with Crippen LogP contribution in [-0.2, 0) is 11.2 Å². The molecule has 2 aromatic carbocycles. The first-order valence-corrected chi connectivity index (χ1v) is 9.52. The van der Waals surface area contributed by atoms with E-state index in [1.54, 1.807) is 11.3 Å². The lowest BCUT2D eigenvalue weighted by molar-refractivity contribution is -0.121. The van der Waals surface area contributed by atoms with Gasteiger partial charge in [-0.1, -0.05) is 24.3 Å². The number of para-hydroxylation sites is 1. The first kappa shape index (κ1) is 18.3. The Morgan fingerprint density at radius 2 is 1.92 bits per heavy atom. The van der Waals surface area contributed by atoms with Gasteiger partial charge in [0.15, 0.2) is 5.11 Å². The second-order valence-corrected chi connectivity index (χ2v) is 7.47. The minimum absolute atomic E-state index is 0.130. The molecule has 0 unspecified atom stereocenters. The van der Waals surface area contributed by atoms with Gasteiger partial charge in [0.2, 0.25) is 5.91 Å². The fourth-order valence-electron chi connectivity index (χ4n) is 2.48. The average molecular weight is 385 g/mol. The van der Waals surface area contributed by atoms with Crippen LogP contribution in [0.2, 0.25) is 0 Å². The van der Waals surface area contributed by atoms with Crippen molar-refractivity contribution < 1.29 is 4.79 Å². The number of hydrazine groups is 1. The number of aryl methyl sites for hydroxylation is 2. The maximum atomic E-state index is 12.0. The molecule has 1 heterocycles. The third kappa shape index (κ3) is 4.56. The monoisotopic (exact) mass is 384 g/mol. The summed E-state index contributed by atoms with van der Waals surface area (Å²) in [6.07, 6.45) is 0.947. The molecule has 0 saturated heterocycles. The van der Waals surface area contributed by atoms with Gasteiger partial charge in [-0.2, -0.15) is 0 Å². The van der Waals surface area contributed by atoms with Gasteiger partial charge < -0.3 is 5.32 Å². The number of nitrogens with one attached hydrogen (secondary N) is 3. The third-order valence-corrected chi connectivity index (χ3v) is 5.37. The van der Waals surface area contributed by atoms with Crippen molar-refractivity contribution in [3.63, 3.8) is 0 Å². The van der Waals surface area contributed by atoms with Crippen molar-refractivity contribution in [2.24, 2.45) is 0 Å². The van der Waals surface area contributed by atoms with Crippen LogP contribution < -0.4 is 16.2 Å². The molecule has 0 fully saturated rings. The van der Waals surface area contributed by atoms with E-state index < -0.39 is 0 Å². The molecule has 134 valence electrons. The van der Waals surface area contributed by atoms with E-state index in [1.165, 1.54) is 5.56 Å². The maximum absolute atomic E-state index is 12.0. The Kier molecular flexibility index (Phi) is 5.80. The number of rotatable bonds is 4. The summed E-state index contributed by atoms with van der Waals surface area (Å²) in [5.74, 6) is -0.130. The van der Waals surface area contributed by atoms with Crippen LogP contribution in [0.15, 0.2) is 42.5 Å². The molecule has 3 rings (SSSR count). The molecule has 1 amide bonds. The van der Waals surface area contributed by atoms with Crippen LogP contribution in [0.4, 0.5) is 5.69 Å². The van der Waals surface area contributed by atoms with Gasteiger partial charge in [0.25, 0.3) is 0 Å². The molecule has 1 aromatic heterocycles. The Balaban J connectivity index is 1.46. The molecule has 0 aliphatic heterocycles. The number of aromatic nitrogens is 1. The second-order valence-electron chi connectivity index (χ2n) is 5.95. The molecule has 0 aliphatic carbocycles. The van der Waals surface area contributed by atoms with Gasteiger partial charge in [-0.15, -0.1) is 11.3 Å². The highest BCUT2D eigenvalue weighted by molar-refractivity contribution is 7.80. The predicted molar refractivity (Wildman–Crippen MR) is 111 cm³/mol. The van der Waals surface area contributed by atoms with Gasteiger partial charge in [-0.25, -0.2) is 4.98 Å². The first-order valence-electron chi connectivity index (χ1n) is 8.29. The summed E-state index contributed by atoms with van der Waals surface area (Å²) in [7, 11) is 0. The highest BCUT2D eigenvalue weighted by Gasteiger charge is 2.08. The number of benzene rings is 2. The Hall–Kier alpha value is -2.51. The van der Waals surface area contributed by atoms with Crippen LogP contribution in [0.25, 0.3) is 10.2 Å². The molecule has 5 nitrogen and oxygen atoms in total. The number of carbonyl (C=O) groups is 1. The molecule has 26 heavy (non-hydrogen) atoms. The summed E-state index contributed by atoms with van der Waals surface area (Å²) in [6, 6.07) is 13.9. The Labute approximate surface area is 161 Å². The van der Waals surface area contributed by atoms with E-state index in [0.717, 1.165) is 26.5 Å². The van der Waals surface area contributed by atoms with E-state index in [2.05, 4.69) is 21.2 Å². The Morgan fingerprint density at radius 3 is 2.73 bits per heavy atom. The van der Waals surface area contributed by atoms with Gasteiger partial charge in [-0.3, -0.25) is 15.6 Å². The molecule has 3 N–H and O–H groups in total. The van der Waals surface area contributed by atoms with Gasteiger partial charge in [0.1, 0.15) is 0 Å². The van der Waals surface area contributed by atoms with Crippen molar-refractivity contribution in [1.82, 2.24) is 15.8 Å². The fourth-order valence-corrected chi connectivity index (χ4v) is 3.60. The van der Waals surface area contributed by atoms with Crippen molar-refractivity contribution in [1.29, 1.82) is 0 Å². The summed E-state index contributed by atoms with van der Waals surface area (Å²) in [6.45, 7) is 4.07. The number of thiazole rings is 1. The van der Waals surface area contributed by atoms with Crippen LogP contribution in [0.1, 0.15) is 22.6 Å². The number of amides is 1. The molecule has 0 radical (unpaired) electrons. The van der Waals surface area contributed by atoms with E-state index in [-0.39, 0.29) is 5.91 Å². The molecule has 0 atom stereocenters. The second kappa shape index (κ2) is 8.25. The molecular formula is C19H20N4OS2. The summed E-state index contributed by atoms with van der Waals surface area (Å²) in [4.78, 5) is 16.6. The molecule has 0 bridgehead atoms. The molecule has 0 saturated carbocycles. The summed E-state index contributed by atoms with van der Waals surface area (Å²) < 4.78 is 1.14. The lowest BCUT2D eigenvalue weighted by Gasteiger charge is -2.14. The van der Waals surface area contributed by atoms with Crippen LogP contribution in [0.5, 0.6) is 0 Å². The number of anilines is 1. The molecule has 0 spiro atoms. The van der Waals surface area contributed by atoms with Crippen LogP contribution in [-0.4, -0.2) is 16.0 Å². The highest BCUT2D eigenvalue weighted by atomic mass is 32.1. The van der Waals surface area contributed by atoms with E-state index in [4.69, 9.17) is 12.2 Å². The topological polar surface area (TPSA) is 66.0 Å². The minimum Gasteiger partial charge on any atom is -0.331 e. The van der Waals surface area contributed by atoms with Crippen molar-refractivity contribution in [3.8, 4) is 0 Å². The van der Waals surface area contributed by atoms with Gasteiger partial charge >= 0.3 is 0 Å². The van der Waals surface area contributed by atoms with Crippen LogP contribution >= 0.6 is 23.6 Å². The van der Waals surface area contributed by atoms with E-state index in [0.29, 0.717) is 18.0 Å². The number of thiocarbonyl (C=S) groups is 1. The van der Waals surface area contributed by atoms with E-state index in [9.17, 15) is 4.79 Å². The number of carbonyl (C=O) groups excluding carboxylic acids is 1. The predicted octanol–water partition coefficient (Wildman–Crippen LogP) is 3.86. The van der Waals surface area contributed by atoms with Crippen LogP contribution in [0, 0.1) is 13.8 Å². The van der Waals surface area contributed by atoms with Crippen molar-refractivity contribution in [2.45, 2.75) is 26.7 Å². The zero-order valence-corrected chi connectivity index (χ0v) is 16.3. The molecule has 7 heteroatoms. The lowest BCUT2D eigenvalue weighted by Crippen LogP contribution is -2.43. The normalized spacial score (nSPS) is 10.5. The zero-order chi connectivity index (χ0) is 18.5. The molecule has 0 aliphatic rings. The fraction of sp³-hybridized carbons (Fsp3) is 0.211. The van der Waals surface area contributed by atoms with E-state index >= 15 is 0 Å². The van der Waals surface area contributed by atoms with Gasteiger partial charge in [0, 0.05) is 18.5 Å². The molecule has 3 aromatic rings. The van der Waals surface area contributed by atoms with Crippen LogP contribution in [0.3, 0.4) is 0 Å². The average Bonchev–Trinajstić information content (AvgIpc) is 3.05. The standard InChI is InChI=1S/C19H20N4OS2/c1-12-6-5-8-14(13(12)2)21-19(25)23-22-17(24)10-11-18-20-15-7-3-4-9-16(15)26-18/h3-9H,10-11H2,1-2H3,(H,22,24)(H2,21,23,25). The summed E-state index contributed by atoms with van der Waals surface area (Å²) >= 11 is 6.85. The summed E-state index contributed by atoms with van der Waals surface area (Å²) in [5, 5.41) is 4.40. The number of fused-ring (bicyclic) bond motifs is 1. The van der Waals surface area contributed by atoms with Crippen molar-refractivity contribution in [2.75, 3.05) is 5.32 Å². The largest absolute Gasteiger partial charge is 0.331 e.